The summed E-state index contributed by atoms with van der Waals surface area (Å²) >= 11 is 1.74. The van der Waals surface area contributed by atoms with Gasteiger partial charge in [-0.2, -0.15) is 0 Å². The second-order valence-corrected chi connectivity index (χ2v) is 8.00. The Morgan fingerprint density at radius 3 is 2.67 bits per heavy atom. The smallest absolute Gasteiger partial charge is 0.317 e. The van der Waals surface area contributed by atoms with Gasteiger partial charge in [0, 0.05) is 11.4 Å². The second-order valence-electron chi connectivity index (χ2n) is 7.06. The van der Waals surface area contributed by atoms with Crippen molar-refractivity contribution >= 4 is 22.9 Å². The third-order valence-corrected chi connectivity index (χ3v) is 6.00. The maximum atomic E-state index is 10.8. The van der Waals surface area contributed by atoms with Gasteiger partial charge >= 0.3 is 5.97 Å². The zero-order valence-electron chi connectivity index (χ0n) is 15.7. The van der Waals surface area contributed by atoms with Gasteiger partial charge in [-0.1, -0.05) is 42.5 Å². The number of carbonyl (C=O) groups is 1. The van der Waals surface area contributed by atoms with Gasteiger partial charge in [-0.05, 0) is 49.1 Å². The van der Waals surface area contributed by atoms with Crippen LogP contribution in [0, 0.1) is 0 Å². The maximum Gasteiger partial charge on any atom is 0.317 e. The maximum absolute atomic E-state index is 10.8. The van der Waals surface area contributed by atoms with Crippen LogP contribution in [-0.2, 0) is 14.9 Å². The van der Waals surface area contributed by atoms with Crippen molar-refractivity contribution < 1.29 is 14.6 Å². The highest BCUT2D eigenvalue weighted by molar-refractivity contribution is 7.10. The molecule has 4 nitrogen and oxygen atoms in total. The Hall–Kier alpha value is -2.37. The lowest BCUT2D eigenvalue weighted by Crippen LogP contribution is -2.32. The van der Waals surface area contributed by atoms with Crippen LogP contribution in [0.4, 0.5) is 0 Å². The first-order chi connectivity index (χ1) is 13.0. The number of ether oxygens (including phenoxy) is 1. The van der Waals surface area contributed by atoms with Gasteiger partial charge in [0.25, 0.3) is 0 Å². The fraction of sp³-hybridized carbons (Fsp3) is 0.318. The van der Waals surface area contributed by atoms with E-state index in [1.54, 1.807) is 23.3 Å². The molecule has 0 saturated carbocycles. The quantitative estimate of drug-likeness (QED) is 0.734. The molecule has 2 aromatic rings. The fourth-order valence-corrected chi connectivity index (χ4v) is 4.26. The number of allylic oxidation sites excluding steroid dienone is 4. The molecular formula is C22H25NO3S. The van der Waals surface area contributed by atoms with Gasteiger partial charge in [0.05, 0.1) is 12.0 Å². The number of likely N-dealkylation sites (N-methyl/N-ethyl adjacent to an activating group) is 1. The zero-order chi connectivity index (χ0) is 19.3. The molecule has 1 N–H and O–H groups in total. The van der Waals surface area contributed by atoms with E-state index in [0.717, 1.165) is 12.2 Å². The Morgan fingerprint density at radius 1 is 1.22 bits per heavy atom. The lowest BCUT2D eigenvalue weighted by molar-refractivity contribution is -0.138. The number of benzene rings is 1. The number of carboxylic acids is 1. The highest BCUT2D eigenvalue weighted by Crippen LogP contribution is 2.45. The normalized spacial score (nSPS) is 19.5. The third kappa shape index (κ3) is 4.67. The van der Waals surface area contributed by atoms with E-state index in [1.807, 2.05) is 6.07 Å². The van der Waals surface area contributed by atoms with Crippen molar-refractivity contribution in [2.24, 2.45) is 0 Å². The van der Waals surface area contributed by atoms with E-state index >= 15 is 0 Å². The molecule has 1 unspecified atom stereocenters. The van der Waals surface area contributed by atoms with Gasteiger partial charge in [-0.25, -0.2) is 0 Å². The number of rotatable bonds is 8. The van der Waals surface area contributed by atoms with Crippen LogP contribution in [0.5, 0.6) is 0 Å². The predicted octanol–water partition coefficient (Wildman–Crippen LogP) is 4.41. The van der Waals surface area contributed by atoms with Crippen LogP contribution >= 0.6 is 11.3 Å². The minimum Gasteiger partial charge on any atom is -0.496 e. The summed E-state index contributed by atoms with van der Waals surface area (Å²) in [6, 6.07) is 14.7. The van der Waals surface area contributed by atoms with Crippen molar-refractivity contribution in [1.29, 1.82) is 0 Å². The van der Waals surface area contributed by atoms with Crippen molar-refractivity contribution in [3.05, 3.63) is 76.2 Å². The van der Waals surface area contributed by atoms with Gasteiger partial charge < -0.3 is 9.84 Å². The van der Waals surface area contributed by atoms with Crippen LogP contribution in [0.1, 0.15) is 23.8 Å². The molecule has 0 fully saturated rings. The van der Waals surface area contributed by atoms with E-state index in [2.05, 4.69) is 60.9 Å². The van der Waals surface area contributed by atoms with Crippen LogP contribution in [0.2, 0.25) is 0 Å². The molecule has 0 spiro atoms. The Labute approximate surface area is 164 Å². The van der Waals surface area contributed by atoms with E-state index < -0.39 is 5.97 Å². The molecule has 0 saturated heterocycles. The average Bonchev–Trinajstić information content (AvgIpc) is 3.19. The standard InChI is InChI=1S/C22H25NO3S/c1-22(20-9-6-14-27-20)15-18(17-7-4-3-5-8-17)10-11-19(22)26-13-12-23(2)16-21(24)25/h3-11,14H,12-13,15-16H2,1-2H3,(H,24,25). The van der Waals surface area contributed by atoms with Gasteiger partial charge in [0.2, 0.25) is 0 Å². The van der Waals surface area contributed by atoms with Crippen molar-refractivity contribution in [1.82, 2.24) is 4.90 Å². The first-order valence-electron chi connectivity index (χ1n) is 9.03. The second kappa shape index (κ2) is 8.55. The van der Waals surface area contributed by atoms with Gasteiger partial charge in [-0.15, -0.1) is 11.3 Å². The first kappa shape index (κ1) is 19.4. The van der Waals surface area contributed by atoms with Crippen LogP contribution in [0.25, 0.3) is 5.57 Å². The Bertz CT molecular complexity index is 827. The molecule has 1 atom stereocenters. The van der Waals surface area contributed by atoms with Crippen molar-refractivity contribution in [2.45, 2.75) is 18.8 Å². The van der Waals surface area contributed by atoms with Crippen LogP contribution in [0.15, 0.2) is 65.8 Å². The number of thiophene rings is 1. The molecule has 1 aliphatic rings. The largest absolute Gasteiger partial charge is 0.496 e. The summed E-state index contributed by atoms with van der Waals surface area (Å²) in [5.74, 6) is 0.113. The highest BCUT2D eigenvalue weighted by Gasteiger charge is 2.37. The van der Waals surface area contributed by atoms with Gasteiger partial charge in [-0.3, -0.25) is 9.69 Å². The molecule has 1 aromatic carbocycles. The molecule has 0 radical (unpaired) electrons. The summed E-state index contributed by atoms with van der Waals surface area (Å²) in [4.78, 5) is 13.8. The number of hydrogen-bond donors (Lipinski definition) is 1. The topological polar surface area (TPSA) is 49.8 Å². The lowest BCUT2D eigenvalue weighted by Gasteiger charge is -2.35. The minimum absolute atomic E-state index is 0.0165. The lowest BCUT2D eigenvalue weighted by atomic mass is 9.75. The number of aliphatic carboxylic acids is 1. The third-order valence-electron chi connectivity index (χ3n) is 4.87. The van der Waals surface area contributed by atoms with E-state index in [4.69, 9.17) is 9.84 Å². The molecule has 3 rings (SSSR count). The number of carboxylic acid groups (broad SMARTS) is 1. The summed E-state index contributed by atoms with van der Waals surface area (Å²) in [6.45, 7) is 3.27. The van der Waals surface area contributed by atoms with E-state index in [9.17, 15) is 4.79 Å². The predicted molar refractivity (Wildman–Crippen MR) is 110 cm³/mol. The number of hydrogen-bond acceptors (Lipinski definition) is 4. The zero-order valence-corrected chi connectivity index (χ0v) is 16.5. The molecule has 0 bridgehead atoms. The van der Waals surface area contributed by atoms with Crippen molar-refractivity contribution in [3.63, 3.8) is 0 Å². The summed E-state index contributed by atoms with van der Waals surface area (Å²) < 4.78 is 6.15. The monoisotopic (exact) mass is 383 g/mol. The molecule has 27 heavy (non-hydrogen) atoms. The molecule has 1 aliphatic carbocycles. The molecule has 5 heteroatoms. The molecule has 0 amide bonds. The average molecular weight is 384 g/mol. The summed E-state index contributed by atoms with van der Waals surface area (Å²) in [7, 11) is 1.79. The van der Waals surface area contributed by atoms with Crippen LogP contribution in [-0.4, -0.2) is 42.7 Å². The Balaban J connectivity index is 1.79. The Kier molecular flexibility index (Phi) is 6.14. The molecule has 0 aliphatic heterocycles. The highest BCUT2D eigenvalue weighted by atomic mass is 32.1. The molecule has 1 heterocycles. The van der Waals surface area contributed by atoms with Gasteiger partial charge in [0.1, 0.15) is 12.4 Å². The summed E-state index contributed by atoms with van der Waals surface area (Å²) in [6.07, 6.45) is 5.08. The first-order valence-corrected chi connectivity index (χ1v) is 9.91. The van der Waals surface area contributed by atoms with E-state index in [0.29, 0.717) is 13.2 Å². The van der Waals surface area contributed by atoms with E-state index in [-0.39, 0.29) is 12.0 Å². The van der Waals surface area contributed by atoms with E-state index in [1.165, 1.54) is 16.0 Å². The van der Waals surface area contributed by atoms with Crippen LogP contribution < -0.4 is 0 Å². The summed E-state index contributed by atoms with van der Waals surface area (Å²) in [5.41, 5.74) is 2.30. The van der Waals surface area contributed by atoms with Crippen molar-refractivity contribution in [3.8, 4) is 0 Å². The van der Waals surface area contributed by atoms with Gasteiger partial charge in [0.15, 0.2) is 0 Å². The SMILES string of the molecule is CN(CCOC1=CC=C(c2ccccc2)CC1(C)c1cccs1)CC(=O)O. The van der Waals surface area contributed by atoms with Crippen molar-refractivity contribution in [2.75, 3.05) is 26.7 Å². The summed E-state index contributed by atoms with van der Waals surface area (Å²) in [5, 5.41) is 11.0. The minimum atomic E-state index is -0.826. The molecular weight excluding hydrogens is 358 g/mol. The molecule has 142 valence electrons. The van der Waals surface area contributed by atoms with Crippen LogP contribution in [0.3, 0.4) is 0 Å². The fourth-order valence-electron chi connectivity index (χ4n) is 3.37. The molecule has 1 aromatic heterocycles. The number of nitrogens with zero attached hydrogens (tertiary/aromatic N) is 1. The Morgan fingerprint density at radius 2 is 2.00 bits per heavy atom.